The number of nitrogens with one attached hydrogen (secondary N) is 4. The van der Waals surface area contributed by atoms with Crippen LogP contribution in [0.3, 0.4) is 0 Å². The highest BCUT2D eigenvalue weighted by atomic mass is 16.4. The molecule has 6 N–H and O–H groups in total. The van der Waals surface area contributed by atoms with E-state index in [9.17, 15) is 29.4 Å². The van der Waals surface area contributed by atoms with Crippen molar-refractivity contribution < 1.29 is 29.4 Å². The molecule has 2 aliphatic heterocycles. The summed E-state index contributed by atoms with van der Waals surface area (Å²) < 4.78 is 0. The Balaban J connectivity index is 1.03. The first kappa shape index (κ1) is 34.4. The van der Waals surface area contributed by atoms with Crippen molar-refractivity contribution in [3.8, 4) is 11.1 Å². The lowest BCUT2D eigenvalue weighted by Gasteiger charge is -2.28. The lowest BCUT2D eigenvalue weighted by molar-refractivity contribution is -0.135. The minimum Gasteiger partial charge on any atom is -0.465 e. The molecular weight excluding hydrogens is 688 g/mol. The van der Waals surface area contributed by atoms with Gasteiger partial charge in [-0.2, -0.15) is 0 Å². The van der Waals surface area contributed by atoms with E-state index in [1.54, 1.807) is 58.3 Å². The predicted molar refractivity (Wildman–Crippen MR) is 199 cm³/mol. The molecule has 2 saturated heterocycles. The Morgan fingerprint density at radius 1 is 0.611 bits per heavy atom. The van der Waals surface area contributed by atoms with E-state index < -0.39 is 24.3 Å². The van der Waals surface area contributed by atoms with E-state index in [0.29, 0.717) is 48.7 Å². The lowest BCUT2D eigenvalue weighted by Crippen LogP contribution is -2.42. The van der Waals surface area contributed by atoms with Gasteiger partial charge in [-0.15, -0.1) is 0 Å². The molecule has 0 aliphatic carbocycles. The molecule has 8 rings (SSSR count). The topological polar surface area (TPSA) is 197 Å². The van der Waals surface area contributed by atoms with Crippen LogP contribution in [0.25, 0.3) is 33.2 Å². The average molecular weight is 727 g/mol. The fourth-order valence-electron chi connectivity index (χ4n) is 7.81. The summed E-state index contributed by atoms with van der Waals surface area (Å²) >= 11 is 0. The normalized spacial score (nSPS) is 18.1. The highest BCUT2D eigenvalue weighted by molar-refractivity contribution is 5.89. The van der Waals surface area contributed by atoms with Gasteiger partial charge in [0.1, 0.15) is 23.7 Å². The van der Waals surface area contributed by atoms with E-state index in [1.165, 1.54) is 0 Å². The van der Waals surface area contributed by atoms with Gasteiger partial charge in [0.05, 0.1) is 34.2 Å². The van der Waals surface area contributed by atoms with Crippen LogP contribution in [-0.4, -0.2) is 77.0 Å². The number of carbonyl (C=O) groups excluding carboxylic acids is 2. The van der Waals surface area contributed by atoms with Gasteiger partial charge >= 0.3 is 12.2 Å². The van der Waals surface area contributed by atoms with Crippen LogP contribution >= 0.6 is 0 Å². The summed E-state index contributed by atoms with van der Waals surface area (Å²) in [5, 5.41) is 23.8. The first-order chi connectivity index (χ1) is 26.2. The van der Waals surface area contributed by atoms with Gasteiger partial charge in [0.2, 0.25) is 0 Å². The molecule has 0 spiro atoms. The number of H-pyrrole nitrogens is 2. The Bertz CT molecular complexity index is 2190. The van der Waals surface area contributed by atoms with E-state index >= 15 is 0 Å². The van der Waals surface area contributed by atoms with Gasteiger partial charge in [0.25, 0.3) is 11.8 Å². The number of fused-ring (bicyclic) bond motifs is 2. The Kier molecular flexibility index (Phi) is 9.15. The number of benzene rings is 4. The average Bonchev–Trinajstić information content (AvgIpc) is 4.01. The van der Waals surface area contributed by atoms with Crippen LogP contribution in [0.2, 0.25) is 0 Å². The van der Waals surface area contributed by atoms with Crippen molar-refractivity contribution in [2.45, 2.75) is 49.9 Å². The number of imidazole rings is 2. The van der Waals surface area contributed by atoms with Crippen LogP contribution in [0.5, 0.6) is 0 Å². The van der Waals surface area contributed by atoms with Gasteiger partial charge in [0, 0.05) is 13.1 Å². The molecule has 0 radical (unpaired) electrons. The van der Waals surface area contributed by atoms with E-state index in [-0.39, 0.29) is 23.9 Å². The number of amides is 4. The molecule has 4 heterocycles. The van der Waals surface area contributed by atoms with Crippen LogP contribution in [0.15, 0.2) is 97.1 Å². The van der Waals surface area contributed by atoms with Crippen molar-refractivity contribution in [2.75, 3.05) is 13.1 Å². The van der Waals surface area contributed by atoms with Gasteiger partial charge < -0.3 is 40.6 Å². The molecule has 54 heavy (non-hydrogen) atoms. The third-order valence-corrected chi connectivity index (χ3v) is 10.3. The second kappa shape index (κ2) is 14.4. The summed E-state index contributed by atoms with van der Waals surface area (Å²) in [5.74, 6) is 0.648. The third kappa shape index (κ3) is 6.69. The molecule has 4 amide bonds. The molecule has 4 aromatic carbocycles. The smallest absolute Gasteiger partial charge is 0.405 e. The maximum absolute atomic E-state index is 13.8. The number of carboxylic acid groups (broad SMARTS) is 2. The molecule has 2 aliphatic rings. The molecule has 2 unspecified atom stereocenters. The molecule has 2 aromatic heterocycles. The molecule has 14 nitrogen and oxygen atoms in total. The standard InChI is InChI=1S/C40H38N8O6/c49-37(33(45-39(51)52)23-9-3-1-4-10-23)47-19-7-13-31(47)35-41-27-17-15-25(21-29(27)43-35)26-16-18-28-30(22-26)44-36(42-28)32-14-8-20-48(32)38(50)34(46-40(53)54)24-11-5-2-6-12-24/h1-6,9-12,15-18,21-22,31-34,45-46H,7-8,13-14,19-20H2,(H,41,43)(H,42,44)(H,51,52)(H,53,54)/t31-,32?,33+,34?/m0/s1. The summed E-state index contributed by atoms with van der Waals surface area (Å²) in [4.78, 5) is 70.9. The van der Waals surface area contributed by atoms with E-state index in [2.05, 4.69) is 20.6 Å². The maximum Gasteiger partial charge on any atom is 0.405 e. The Hall–Kier alpha value is -6.70. The summed E-state index contributed by atoms with van der Waals surface area (Å²) in [6.07, 6.45) is 0.370. The molecule has 14 heteroatoms. The number of aromatic amines is 2. The molecule has 274 valence electrons. The Morgan fingerprint density at radius 3 is 1.41 bits per heavy atom. The Labute approximate surface area is 309 Å². The van der Waals surface area contributed by atoms with Crippen molar-refractivity contribution in [2.24, 2.45) is 0 Å². The quantitative estimate of drug-likeness (QED) is 0.0977. The second-order valence-corrected chi connectivity index (χ2v) is 13.7. The first-order valence-electron chi connectivity index (χ1n) is 17.9. The number of hydrogen-bond acceptors (Lipinski definition) is 6. The van der Waals surface area contributed by atoms with Crippen molar-refractivity contribution >= 4 is 46.1 Å². The van der Waals surface area contributed by atoms with Crippen LogP contribution < -0.4 is 10.6 Å². The summed E-state index contributed by atoms with van der Waals surface area (Å²) in [7, 11) is 0. The van der Waals surface area contributed by atoms with Crippen LogP contribution in [0, 0.1) is 0 Å². The first-order valence-corrected chi connectivity index (χ1v) is 17.9. The molecule has 2 fully saturated rings. The van der Waals surface area contributed by atoms with Crippen molar-refractivity contribution in [3.05, 3.63) is 120 Å². The number of nitrogens with zero attached hydrogens (tertiary/aromatic N) is 4. The SMILES string of the molecule is O=C(O)NC(C(=O)N1CCCC1c1nc2ccc(-c3ccc4nc([C@@H]5CCCN5C(=O)[C@H](NC(=O)O)c5ccccc5)[nH]c4c3)cc2[nH]1)c1ccccc1. The highest BCUT2D eigenvalue weighted by Gasteiger charge is 2.38. The molecular formula is C40H38N8O6. The number of hydrogen-bond donors (Lipinski definition) is 6. The zero-order valence-electron chi connectivity index (χ0n) is 29.1. The van der Waals surface area contributed by atoms with Crippen molar-refractivity contribution in [1.29, 1.82) is 0 Å². The Morgan fingerprint density at radius 2 is 1.02 bits per heavy atom. The molecule has 6 aromatic rings. The lowest BCUT2D eigenvalue weighted by atomic mass is 10.0. The largest absolute Gasteiger partial charge is 0.465 e. The van der Waals surface area contributed by atoms with Gasteiger partial charge in [-0.1, -0.05) is 72.8 Å². The van der Waals surface area contributed by atoms with Gasteiger partial charge in [-0.25, -0.2) is 19.6 Å². The molecule has 4 atom stereocenters. The summed E-state index contributed by atoms with van der Waals surface area (Å²) in [6, 6.07) is 26.8. The zero-order valence-corrected chi connectivity index (χ0v) is 29.1. The maximum atomic E-state index is 13.8. The fraction of sp³-hybridized carbons (Fsp3) is 0.250. The van der Waals surface area contributed by atoms with Crippen molar-refractivity contribution in [3.63, 3.8) is 0 Å². The molecule has 0 bridgehead atoms. The number of likely N-dealkylation sites (tertiary alicyclic amines) is 2. The van der Waals surface area contributed by atoms with E-state index in [1.807, 2.05) is 48.5 Å². The number of aromatic nitrogens is 4. The van der Waals surface area contributed by atoms with Crippen LogP contribution in [-0.2, 0) is 9.59 Å². The van der Waals surface area contributed by atoms with Gasteiger partial charge in [-0.05, 0) is 72.2 Å². The van der Waals surface area contributed by atoms with E-state index in [4.69, 9.17) is 9.97 Å². The summed E-state index contributed by atoms with van der Waals surface area (Å²) in [5.41, 5.74) is 6.13. The number of carbonyl (C=O) groups is 4. The monoisotopic (exact) mass is 726 g/mol. The summed E-state index contributed by atoms with van der Waals surface area (Å²) in [6.45, 7) is 0.977. The molecule has 0 saturated carbocycles. The van der Waals surface area contributed by atoms with E-state index in [0.717, 1.165) is 46.0 Å². The minimum atomic E-state index is -1.27. The van der Waals surface area contributed by atoms with Crippen LogP contribution in [0.1, 0.15) is 72.6 Å². The predicted octanol–water partition coefficient (Wildman–Crippen LogP) is 6.45. The second-order valence-electron chi connectivity index (χ2n) is 13.7. The van der Waals surface area contributed by atoms with Crippen LogP contribution in [0.4, 0.5) is 9.59 Å². The van der Waals surface area contributed by atoms with Gasteiger partial charge in [0.15, 0.2) is 0 Å². The van der Waals surface area contributed by atoms with Gasteiger partial charge in [-0.3, -0.25) is 9.59 Å². The van der Waals surface area contributed by atoms with Crippen molar-refractivity contribution in [1.82, 2.24) is 40.4 Å². The number of rotatable bonds is 9. The fourth-order valence-corrected chi connectivity index (χ4v) is 7.81. The minimum absolute atomic E-state index is 0.322. The zero-order chi connectivity index (χ0) is 37.3. The highest BCUT2D eigenvalue weighted by Crippen LogP contribution is 2.37. The third-order valence-electron chi connectivity index (χ3n) is 10.3.